The lowest BCUT2D eigenvalue weighted by Gasteiger charge is -2.12. The summed E-state index contributed by atoms with van der Waals surface area (Å²) in [5, 5.41) is 6.45. The summed E-state index contributed by atoms with van der Waals surface area (Å²) >= 11 is 0. The third-order valence-corrected chi connectivity index (χ3v) is 4.73. The number of methoxy groups -OCH3 is 1. The van der Waals surface area contributed by atoms with E-state index in [4.69, 9.17) is 4.74 Å². The fourth-order valence-electron chi connectivity index (χ4n) is 3.20. The predicted molar refractivity (Wildman–Crippen MR) is 117 cm³/mol. The zero-order valence-electron chi connectivity index (χ0n) is 17.4. The molecule has 2 amide bonds. The Morgan fingerprint density at radius 3 is 2.50 bits per heavy atom. The van der Waals surface area contributed by atoms with Crippen molar-refractivity contribution in [2.45, 2.75) is 20.8 Å². The number of hydrogen-bond acceptors (Lipinski definition) is 4. The van der Waals surface area contributed by atoms with Crippen LogP contribution in [0.3, 0.4) is 0 Å². The second-order valence-corrected chi connectivity index (χ2v) is 6.83. The van der Waals surface area contributed by atoms with E-state index >= 15 is 0 Å². The van der Waals surface area contributed by atoms with Crippen molar-refractivity contribution in [1.29, 1.82) is 0 Å². The molecule has 0 bridgehead atoms. The number of amides is 2. The first-order valence-electron chi connectivity index (χ1n) is 9.44. The van der Waals surface area contributed by atoms with Gasteiger partial charge in [-0.25, -0.2) is 5.43 Å². The van der Waals surface area contributed by atoms with Gasteiger partial charge in [-0.15, -0.1) is 0 Å². The first kappa shape index (κ1) is 20.9. The van der Waals surface area contributed by atoms with Gasteiger partial charge in [0.25, 0.3) is 0 Å². The summed E-state index contributed by atoms with van der Waals surface area (Å²) in [7, 11) is 1.53. The molecule has 1 heterocycles. The zero-order chi connectivity index (χ0) is 21.7. The zero-order valence-corrected chi connectivity index (χ0v) is 17.4. The van der Waals surface area contributed by atoms with Crippen LogP contribution in [0.1, 0.15) is 22.5 Å². The van der Waals surface area contributed by atoms with Gasteiger partial charge in [0.05, 0.1) is 13.3 Å². The first-order chi connectivity index (χ1) is 14.4. The van der Waals surface area contributed by atoms with Crippen LogP contribution in [0.4, 0.5) is 5.69 Å². The fraction of sp³-hybridized carbons (Fsp3) is 0.174. The Hall–Kier alpha value is -3.87. The van der Waals surface area contributed by atoms with Crippen LogP contribution in [-0.4, -0.2) is 29.7 Å². The molecule has 154 valence electrons. The number of para-hydroxylation sites is 1. The maximum Gasteiger partial charge on any atom is 0.329 e. The fourth-order valence-corrected chi connectivity index (χ4v) is 3.20. The number of carbonyl (C=O) groups excluding carboxylic acids is 2. The summed E-state index contributed by atoms with van der Waals surface area (Å²) in [5.74, 6) is -1.09. The molecule has 3 rings (SSSR count). The number of hydrogen-bond donors (Lipinski definition) is 2. The molecule has 3 aromatic rings. The third-order valence-electron chi connectivity index (χ3n) is 4.73. The molecule has 7 nitrogen and oxygen atoms in total. The van der Waals surface area contributed by atoms with Crippen molar-refractivity contribution in [2.24, 2.45) is 5.10 Å². The van der Waals surface area contributed by atoms with Gasteiger partial charge >= 0.3 is 11.8 Å². The second kappa shape index (κ2) is 9.09. The van der Waals surface area contributed by atoms with Gasteiger partial charge in [-0.3, -0.25) is 9.59 Å². The molecule has 0 spiro atoms. The standard InChI is InChI=1S/C23H24N4O3/c1-15-8-5-6-11-21(15)27-16(2)12-18(17(27)3)14-24-26-23(29)22(28)25-19-9-7-10-20(13-19)30-4/h5-14H,1-4H3,(H,25,28)(H,26,29)/b24-14-. The Labute approximate surface area is 175 Å². The highest BCUT2D eigenvalue weighted by atomic mass is 16.5. The molecule has 0 unspecified atom stereocenters. The lowest BCUT2D eigenvalue weighted by atomic mass is 10.2. The van der Waals surface area contributed by atoms with E-state index in [1.165, 1.54) is 13.3 Å². The van der Waals surface area contributed by atoms with Crippen molar-refractivity contribution >= 4 is 23.7 Å². The molecule has 0 atom stereocenters. The average Bonchev–Trinajstić information content (AvgIpc) is 3.01. The van der Waals surface area contributed by atoms with Gasteiger partial charge < -0.3 is 14.6 Å². The van der Waals surface area contributed by atoms with Crippen LogP contribution >= 0.6 is 0 Å². The van der Waals surface area contributed by atoms with Gasteiger partial charge in [0.1, 0.15) is 5.75 Å². The van der Waals surface area contributed by atoms with Crippen molar-refractivity contribution in [3.05, 3.63) is 77.1 Å². The van der Waals surface area contributed by atoms with Gasteiger partial charge in [-0.1, -0.05) is 24.3 Å². The van der Waals surface area contributed by atoms with E-state index in [2.05, 4.69) is 39.5 Å². The van der Waals surface area contributed by atoms with Gasteiger partial charge in [0.2, 0.25) is 0 Å². The quantitative estimate of drug-likeness (QED) is 0.388. The maximum absolute atomic E-state index is 12.1. The number of nitrogens with one attached hydrogen (secondary N) is 2. The van der Waals surface area contributed by atoms with Crippen LogP contribution in [0, 0.1) is 20.8 Å². The number of nitrogens with zero attached hydrogens (tertiary/aromatic N) is 2. The van der Waals surface area contributed by atoms with E-state index in [0.29, 0.717) is 11.4 Å². The first-order valence-corrected chi connectivity index (χ1v) is 9.44. The third kappa shape index (κ3) is 4.57. The number of benzene rings is 2. The molecule has 30 heavy (non-hydrogen) atoms. The largest absolute Gasteiger partial charge is 0.497 e. The number of rotatable bonds is 5. The number of aryl methyl sites for hydroxylation is 2. The normalized spacial score (nSPS) is 10.8. The Bertz CT molecular complexity index is 1120. The second-order valence-electron chi connectivity index (χ2n) is 6.83. The SMILES string of the molecule is COc1cccc(NC(=O)C(=O)N/N=C\c2cc(C)n(-c3ccccc3C)c2C)c1. The monoisotopic (exact) mass is 404 g/mol. The Kier molecular flexibility index (Phi) is 6.32. The minimum Gasteiger partial charge on any atom is -0.497 e. The van der Waals surface area contributed by atoms with Crippen molar-refractivity contribution in [3.8, 4) is 11.4 Å². The van der Waals surface area contributed by atoms with Crippen LogP contribution < -0.4 is 15.5 Å². The van der Waals surface area contributed by atoms with Gasteiger partial charge in [0, 0.05) is 34.4 Å². The molecule has 7 heteroatoms. The molecule has 2 N–H and O–H groups in total. The molecule has 1 aromatic heterocycles. The predicted octanol–water partition coefficient (Wildman–Crippen LogP) is 3.50. The maximum atomic E-state index is 12.1. The van der Waals surface area contributed by atoms with E-state index in [0.717, 1.165) is 28.2 Å². The number of hydrazone groups is 1. The number of aromatic nitrogens is 1. The molecule has 0 aliphatic rings. The van der Waals surface area contributed by atoms with Crippen LogP contribution in [-0.2, 0) is 9.59 Å². The summed E-state index contributed by atoms with van der Waals surface area (Å²) < 4.78 is 7.23. The van der Waals surface area contributed by atoms with Crippen LogP contribution in [0.5, 0.6) is 5.75 Å². The molecule has 0 fully saturated rings. The molecule has 0 radical (unpaired) electrons. The topological polar surface area (TPSA) is 84.7 Å². The van der Waals surface area contributed by atoms with Crippen molar-refractivity contribution in [2.75, 3.05) is 12.4 Å². The lowest BCUT2D eigenvalue weighted by molar-refractivity contribution is -0.136. The number of ether oxygens (including phenoxy) is 1. The summed E-state index contributed by atoms with van der Waals surface area (Å²) in [6.07, 6.45) is 1.54. The lowest BCUT2D eigenvalue weighted by Crippen LogP contribution is -2.32. The summed E-state index contributed by atoms with van der Waals surface area (Å²) in [6, 6.07) is 16.8. The van der Waals surface area contributed by atoms with Crippen molar-refractivity contribution in [1.82, 2.24) is 9.99 Å². The van der Waals surface area contributed by atoms with E-state index in [-0.39, 0.29) is 0 Å². The van der Waals surface area contributed by atoms with E-state index < -0.39 is 11.8 Å². The summed E-state index contributed by atoms with van der Waals surface area (Å²) in [5.41, 5.74) is 7.86. The number of carbonyl (C=O) groups is 2. The minimum absolute atomic E-state index is 0.459. The highest BCUT2D eigenvalue weighted by molar-refractivity contribution is 6.39. The highest BCUT2D eigenvalue weighted by Crippen LogP contribution is 2.22. The van der Waals surface area contributed by atoms with Crippen LogP contribution in [0.2, 0.25) is 0 Å². The van der Waals surface area contributed by atoms with E-state index in [9.17, 15) is 9.59 Å². The molecule has 2 aromatic carbocycles. The molecule has 0 aliphatic heterocycles. The van der Waals surface area contributed by atoms with Gasteiger partial charge in [0.15, 0.2) is 0 Å². The Balaban J connectivity index is 1.68. The molecular weight excluding hydrogens is 380 g/mol. The molecular formula is C23H24N4O3. The summed E-state index contributed by atoms with van der Waals surface area (Å²) in [4.78, 5) is 24.1. The van der Waals surface area contributed by atoms with E-state index in [1.54, 1.807) is 24.3 Å². The van der Waals surface area contributed by atoms with Gasteiger partial charge in [-0.05, 0) is 50.6 Å². The molecule has 0 saturated heterocycles. The smallest absolute Gasteiger partial charge is 0.329 e. The van der Waals surface area contributed by atoms with E-state index in [1.807, 2.05) is 32.0 Å². The molecule has 0 saturated carbocycles. The van der Waals surface area contributed by atoms with Crippen LogP contribution in [0.15, 0.2) is 59.7 Å². The van der Waals surface area contributed by atoms with Crippen molar-refractivity contribution < 1.29 is 14.3 Å². The van der Waals surface area contributed by atoms with Crippen molar-refractivity contribution in [3.63, 3.8) is 0 Å². The minimum atomic E-state index is -0.859. The highest BCUT2D eigenvalue weighted by Gasteiger charge is 2.14. The van der Waals surface area contributed by atoms with Crippen LogP contribution in [0.25, 0.3) is 5.69 Å². The number of anilines is 1. The van der Waals surface area contributed by atoms with Gasteiger partial charge in [-0.2, -0.15) is 5.10 Å². The average molecular weight is 404 g/mol. The summed E-state index contributed by atoms with van der Waals surface area (Å²) in [6.45, 7) is 6.05. The Morgan fingerprint density at radius 2 is 1.77 bits per heavy atom. The Morgan fingerprint density at radius 1 is 1.00 bits per heavy atom. The molecule has 0 aliphatic carbocycles.